The predicted molar refractivity (Wildman–Crippen MR) is 173 cm³/mol. The summed E-state index contributed by atoms with van der Waals surface area (Å²) in [4.78, 5) is 47.4. The summed E-state index contributed by atoms with van der Waals surface area (Å²) in [6.07, 6.45) is 3.50. The molecular formula is C32H33N13O. The summed E-state index contributed by atoms with van der Waals surface area (Å²) >= 11 is 0. The van der Waals surface area contributed by atoms with Gasteiger partial charge < -0.3 is 20.4 Å². The van der Waals surface area contributed by atoms with Gasteiger partial charge in [0.2, 0.25) is 17.7 Å². The minimum atomic E-state index is 0.130. The molecule has 2 saturated heterocycles. The van der Waals surface area contributed by atoms with E-state index in [0.29, 0.717) is 49.3 Å². The van der Waals surface area contributed by atoms with Gasteiger partial charge in [0.1, 0.15) is 29.5 Å². The van der Waals surface area contributed by atoms with Gasteiger partial charge in [-0.3, -0.25) is 14.3 Å². The van der Waals surface area contributed by atoms with E-state index in [1.807, 2.05) is 41.9 Å². The Morgan fingerprint density at radius 1 is 0.870 bits per heavy atom. The third-order valence-electron chi connectivity index (χ3n) is 8.53. The van der Waals surface area contributed by atoms with Crippen LogP contribution < -0.4 is 15.5 Å². The standard InChI is InChI=1S/C32H33N13O/c1-41-13-16-43(12-10-28(41)46)27-9-8-25-31(40-27)45(30(38-25)24-3-2-11-35-29(24)34)23-6-4-22(5-7-23)20-42-14-17-44(18-15-42)32-37-21-36-26(19-33)39-32/h2-9,11,21H,10,12-18,20H2,1H3,(H2,34,35). The van der Waals surface area contributed by atoms with Crippen molar-refractivity contribution in [2.75, 3.05) is 68.4 Å². The maximum atomic E-state index is 12.3. The van der Waals surface area contributed by atoms with Gasteiger partial charge in [0.05, 0.1) is 5.56 Å². The number of pyridine rings is 2. The average molecular weight is 616 g/mol. The van der Waals surface area contributed by atoms with Gasteiger partial charge in [-0.05, 0) is 42.0 Å². The van der Waals surface area contributed by atoms with Crippen LogP contribution in [0.1, 0.15) is 17.8 Å². The van der Waals surface area contributed by atoms with Crippen molar-refractivity contribution in [3.05, 3.63) is 72.4 Å². The smallest absolute Gasteiger partial charge is 0.236 e. The fourth-order valence-corrected chi connectivity index (χ4v) is 5.92. The van der Waals surface area contributed by atoms with Gasteiger partial charge in [0, 0.05) is 77.7 Å². The van der Waals surface area contributed by atoms with E-state index in [1.54, 1.807) is 11.1 Å². The van der Waals surface area contributed by atoms with Crippen LogP contribution in [0.4, 0.5) is 17.6 Å². The third kappa shape index (κ3) is 5.75. The van der Waals surface area contributed by atoms with E-state index in [2.05, 4.69) is 58.9 Å². The second-order valence-corrected chi connectivity index (χ2v) is 11.4. The topological polar surface area (TPSA) is 162 Å². The number of nitrogens with zero attached hydrogens (tertiary/aromatic N) is 12. The summed E-state index contributed by atoms with van der Waals surface area (Å²) in [6.45, 7) is 5.97. The first kappa shape index (κ1) is 29.1. The van der Waals surface area contributed by atoms with Gasteiger partial charge in [-0.1, -0.05) is 12.1 Å². The second-order valence-electron chi connectivity index (χ2n) is 11.4. The number of amides is 1. The number of benzene rings is 1. The molecule has 14 heteroatoms. The lowest BCUT2D eigenvalue weighted by Crippen LogP contribution is -2.46. The summed E-state index contributed by atoms with van der Waals surface area (Å²) < 4.78 is 2.04. The Hall–Kier alpha value is -5.68. The lowest BCUT2D eigenvalue weighted by molar-refractivity contribution is -0.129. The number of carbonyl (C=O) groups is 1. The van der Waals surface area contributed by atoms with Gasteiger partial charge >= 0.3 is 0 Å². The summed E-state index contributed by atoms with van der Waals surface area (Å²) in [5, 5.41) is 9.12. The molecule has 2 fully saturated rings. The first-order chi connectivity index (χ1) is 22.5. The van der Waals surface area contributed by atoms with Gasteiger partial charge in [-0.2, -0.15) is 10.2 Å². The molecule has 14 nitrogen and oxygen atoms in total. The maximum Gasteiger partial charge on any atom is 0.236 e. The molecule has 2 aliphatic rings. The largest absolute Gasteiger partial charge is 0.383 e. The Bertz CT molecular complexity index is 1930. The number of imidazole rings is 1. The molecule has 5 aromatic rings. The van der Waals surface area contributed by atoms with Crippen LogP contribution in [0.5, 0.6) is 0 Å². The number of fused-ring (bicyclic) bond motifs is 1. The number of nitriles is 1. The highest BCUT2D eigenvalue weighted by Crippen LogP contribution is 2.32. The van der Waals surface area contributed by atoms with Crippen molar-refractivity contribution in [2.24, 2.45) is 0 Å². The van der Waals surface area contributed by atoms with Crippen molar-refractivity contribution in [3.63, 3.8) is 0 Å². The molecule has 46 heavy (non-hydrogen) atoms. The molecule has 4 aromatic heterocycles. The van der Waals surface area contributed by atoms with Crippen LogP contribution in [0.2, 0.25) is 0 Å². The van der Waals surface area contributed by atoms with E-state index in [0.717, 1.165) is 55.3 Å². The molecule has 0 bridgehead atoms. The van der Waals surface area contributed by atoms with Gasteiger partial charge in [-0.25, -0.2) is 24.9 Å². The molecular weight excluding hydrogens is 582 g/mol. The normalized spacial score (nSPS) is 16.1. The minimum absolute atomic E-state index is 0.130. The van der Waals surface area contributed by atoms with Crippen LogP contribution in [-0.2, 0) is 11.3 Å². The van der Waals surface area contributed by atoms with E-state index in [-0.39, 0.29) is 11.7 Å². The molecule has 1 amide bonds. The number of aromatic nitrogens is 7. The van der Waals surface area contributed by atoms with Crippen LogP contribution >= 0.6 is 0 Å². The molecule has 6 heterocycles. The lowest BCUT2D eigenvalue weighted by atomic mass is 10.1. The average Bonchev–Trinajstić information content (AvgIpc) is 3.38. The van der Waals surface area contributed by atoms with Crippen LogP contribution in [0, 0.1) is 11.3 Å². The van der Waals surface area contributed by atoms with E-state index < -0.39 is 0 Å². The van der Waals surface area contributed by atoms with Crippen molar-refractivity contribution in [2.45, 2.75) is 13.0 Å². The summed E-state index contributed by atoms with van der Waals surface area (Å²) in [5.41, 5.74) is 10.6. The first-order valence-electron chi connectivity index (χ1n) is 15.2. The molecule has 2 aliphatic heterocycles. The maximum absolute atomic E-state index is 12.3. The van der Waals surface area contributed by atoms with Gasteiger partial charge in [-0.15, -0.1) is 0 Å². The zero-order chi connectivity index (χ0) is 31.6. The number of nitrogens with two attached hydrogens (primary N) is 1. The molecule has 232 valence electrons. The molecule has 2 N–H and O–H groups in total. The number of likely N-dealkylation sites (N-methyl/N-ethyl adjacent to an activating group) is 1. The van der Waals surface area contributed by atoms with Gasteiger partial charge in [0.15, 0.2) is 11.5 Å². The van der Waals surface area contributed by atoms with Crippen molar-refractivity contribution < 1.29 is 4.79 Å². The number of nitrogen functional groups attached to an aromatic ring is 1. The van der Waals surface area contributed by atoms with Crippen molar-refractivity contribution >= 4 is 34.7 Å². The van der Waals surface area contributed by atoms with E-state index in [4.69, 9.17) is 21.0 Å². The SMILES string of the molecule is CN1CCN(c2ccc3nc(-c4cccnc4N)n(-c4ccc(CN5CCN(c6ncnc(C#N)n6)CC5)cc4)c3n2)CCC1=O. The first-order valence-corrected chi connectivity index (χ1v) is 15.2. The number of piperazine rings is 1. The number of hydrogen-bond donors (Lipinski definition) is 1. The zero-order valence-corrected chi connectivity index (χ0v) is 25.5. The number of hydrogen-bond acceptors (Lipinski definition) is 12. The monoisotopic (exact) mass is 615 g/mol. The third-order valence-corrected chi connectivity index (χ3v) is 8.53. The Balaban J connectivity index is 1.15. The Morgan fingerprint density at radius 3 is 2.46 bits per heavy atom. The quantitative estimate of drug-likeness (QED) is 0.297. The Labute approximate surface area is 265 Å². The number of anilines is 3. The fraction of sp³-hybridized carbons (Fsp3) is 0.312. The van der Waals surface area contributed by atoms with E-state index in [1.165, 1.54) is 11.9 Å². The summed E-state index contributed by atoms with van der Waals surface area (Å²) in [7, 11) is 1.84. The highest BCUT2D eigenvalue weighted by molar-refractivity contribution is 5.84. The number of carbonyl (C=O) groups excluding carboxylic acids is 1. The summed E-state index contributed by atoms with van der Waals surface area (Å²) in [6, 6.07) is 18.1. The highest BCUT2D eigenvalue weighted by Gasteiger charge is 2.23. The molecule has 0 saturated carbocycles. The molecule has 7 rings (SSSR count). The van der Waals surface area contributed by atoms with E-state index >= 15 is 0 Å². The van der Waals surface area contributed by atoms with Crippen LogP contribution in [0.3, 0.4) is 0 Å². The molecule has 0 radical (unpaired) electrons. The van der Waals surface area contributed by atoms with Crippen molar-refractivity contribution in [1.29, 1.82) is 5.26 Å². The van der Waals surface area contributed by atoms with Crippen LogP contribution in [0.25, 0.3) is 28.2 Å². The molecule has 0 unspecified atom stereocenters. The van der Waals surface area contributed by atoms with Crippen LogP contribution in [-0.4, -0.2) is 103 Å². The Morgan fingerprint density at radius 2 is 1.67 bits per heavy atom. The summed E-state index contributed by atoms with van der Waals surface area (Å²) in [5.74, 6) is 2.68. The van der Waals surface area contributed by atoms with Gasteiger partial charge in [0.25, 0.3) is 0 Å². The predicted octanol–water partition coefficient (Wildman–Crippen LogP) is 2.11. The Kier molecular flexibility index (Phi) is 7.81. The molecule has 0 aliphatic carbocycles. The second kappa shape index (κ2) is 12.4. The van der Waals surface area contributed by atoms with Crippen molar-refractivity contribution in [1.82, 2.24) is 44.3 Å². The fourth-order valence-electron chi connectivity index (χ4n) is 5.92. The number of rotatable bonds is 6. The minimum Gasteiger partial charge on any atom is -0.383 e. The molecule has 1 aromatic carbocycles. The van der Waals surface area contributed by atoms with Crippen molar-refractivity contribution in [3.8, 4) is 23.1 Å². The highest BCUT2D eigenvalue weighted by atomic mass is 16.2. The lowest BCUT2D eigenvalue weighted by Gasteiger charge is -2.34. The van der Waals surface area contributed by atoms with E-state index in [9.17, 15) is 4.79 Å². The zero-order valence-electron chi connectivity index (χ0n) is 25.5. The molecule has 0 spiro atoms. The van der Waals surface area contributed by atoms with Crippen LogP contribution in [0.15, 0.2) is 61.1 Å². The molecule has 0 atom stereocenters.